The van der Waals surface area contributed by atoms with Crippen molar-refractivity contribution in [2.75, 3.05) is 6.54 Å². The Morgan fingerprint density at radius 3 is 2.77 bits per heavy atom. The zero-order valence-electron chi connectivity index (χ0n) is 6.93. The summed E-state index contributed by atoms with van der Waals surface area (Å²) < 4.78 is 0. The molecule has 0 heterocycles. The lowest BCUT2D eigenvalue weighted by molar-refractivity contribution is -0.384. The van der Waals surface area contributed by atoms with Gasteiger partial charge in [-0.25, -0.2) is 0 Å². The Kier molecular flexibility index (Phi) is 2.81. The molecule has 0 aliphatic carbocycles. The SMILES string of the molecule is NCCc1cc([N+](=O)[O-])ccc1O. The first-order valence-corrected chi connectivity index (χ1v) is 3.81. The molecule has 1 aromatic rings. The second kappa shape index (κ2) is 3.86. The summed E-state index contributed by atoms with van der Waals surface area (Å²) in [6.07, 6.45) is 0.438. The second-order valence-electron chi connectivity index (χ2n) is 2.61. The van der Waals surface area contributed by atoms with Crippen LogP contribution < -0.4 is 5.73 Å². The predicted octanol–water partition coefficient (Wildman–Crippen LogP) is 0.802. The van der Waals surface area contributed by atoms with Gasteiger partial charge in [0.15, 0.2) is 0 Å². The molecule has 0 unspecified atom stereocenters. The van der Waals surface area contributed by atoms with Crippen molar-refractivity contribution in [3.63, 3.8) is 0 Å². The van der Waals surface area contributed by atoms with Gasteiger partial charge in [0.25, 0.3) is 5.69 Å². The molecule has 0 aliphatic heterocycles. The van der Waals surface area contributed by atoms with E-state index in [1.165, 1.54) is 18.2 Å². The van der Waals surface area contributed by atoms with Crippen LogP contribution in [0.1, 0.15) is 5.56 Å². The van der Waals surface area contributed by atoms with Crippen LogP contribution in [0.2, 0.25) is 0 Å². The van der Waals surface area contributed by atoms with Crippen molar-refractivity contribution in [1.29, 1.82) is 0 Å². The first-order valence-electron chi connectivity index (χ1n) is 3.81. The maximum Gasteiger partial charge on any atom is 0.269 e. The number of aromatic hydroxyl groups is 1. The first-order chi connectivity index (χ1) is 6.15. The van der Waals surface area contributed by atoms with Gasteiger partial charge in [-0.05, 0) is 19.0 Å². The Labute approximate surface area is 74.9 Å². The minimum Gasteiger partial charge on any atom is -0.508 e. The first kappa shape index (κ1) is 9.47. The van der Waals surface area contributed by atoms with Crippen molar-refractivity contribution in [2.24, 2.45) is 5.73 Å². The van der Waals surface area contributed by atoms with Gasteiger partial charge < -0.3 is 10.8 Å². The van der Waals surface area contributed by atoms with Gasteiger partial charge in [-0.2, -0.15) is 0 Å². The number of hydrogen-bond donors (Lipinski definition) is 2. The Hall–Kier alpha value is -1.62. The molecule has 0 atom stereocenters. The van der Waals surface area contributed by atoms with E-state index in [0.717, 1.165) is 0 Å². The number of nitro benzene ring substituents is 1. The maximum absolute atomic E-state index is 10.4. The van der Waals surface area contributed by atoms with Gasteiger partial charge in [-0.15, -0.1) is 0 Å². The smallest absolute Gasteiger partial charge is 0.269 e. The number of nitrogens with zero attached hydrogens (tertiary/aromatic N) is 1. The number of benzene rings is 1. The monoisotopic (exact) mass is 182 g/mol. The van der Waals surface area contributed by atoms with E-state index in [-0.39, 0.29) is 11.4 Å². The molecule has 5 heteroatoms. The van der Waals surface area contributed by atoms with Crippen LogP contribution in [0.3, 0.4) is 0 Å². The zero-order chi connectivity index (χ0) is 9.84. The van der Waals surface area contributed by atoms with Crippen LogP contribution in [0.25, 0.3) is 0 Å². The molecule has 0 aromatic heterocycles. The summed E-state index contributed by atoms with van der Waals surface area (Å²) in [4.78, 5) is 9.86. The number of phenols is 1. The average Bonchev–Trinajstić information content (AvgIpc) is 2.08. The molecule has 0 saturated heterocycles. The predicted molar refractivity (Wildman–Crippen MR) is 47.5 cm³/mol. The number of hydrogen-bond acceptors (Lipinski definition) is 4. The molecule has 3 N–H and O–H groups in total. The van der Waals surface area contributed by atoms with Crippen molar-refractivity contribution in [3.05, 3.63) is 33.9 Å². The van der Waals surface area contributed by atoms with E-state index in [9.17, 15) is 15.2 Å². The summed E-state index contributed by atoms with van der Waals surface area (Å²) in [5.41, 5.74) is 5.76. The summed E-state index contributed by atoms with van der Waals surface area (Å²) in [5, 5.41) is 19.6. The van der Waals surface area contributed by atoms with Gasteiger partial charge in [-0.1, -0.05) is 0 Å². The molecular formula is C8H10N2O3. The van der Waals surface area contributed by atoms with Crippen LogP contribution in [0, 0.1) is 10.1 Å². The lowest BCUT2D eigenvalue weighted by Gasteiger charge is -2.01. The summed E-state index contributed by atoms with van der Waals surface area (Å²) >= 11 is 0. The standard InChI is InChI=1S/C8H10N2O3/c9-4-3-6-5-7(10(12)13)1-2-8(6)11/h1-2,5,11H,3-4,9H2. The van der Waals surface area contributed by atoms with Gasteiger partial charge in [0, 0.05) is 17.7 Å². The van der Waals surface area contributed by atoms with Gasteiger partial charge in [0.05, 0.1) is 4.92 Å². The highest BCUT2D eigenvalue weighted by molar-refractivity contribution is 5.43. The molecule has 5 nitrogen and oxygen atoms in total. The van der Waals surface area contributed by atoms with E-state index >= 15 is 0 Å². The minimum absolute atomic E-state index is 0.0266. The Bertz CT molecular complexity index is 325. The highest BCUT2D eigenvalue weighted by atomic mass is 16.6. The number of phenolic OH excluding ortho intramolecular Hbond substituents is 1. The number of nitrogens with two attached hydrogens (primary N) is 1. The van der Waals surface area contributed by atoms with Crippen LogP contribution in [0.5, 0.6) is 5.75 Å². The normalized spacial score (nSPS) is 9.92. The molecule has 13 heavy (non-hydrogen) atoms. The third kappa shape index (κ3) is 2.16. The Morgan fingerprint density at radius 1 is 1.54 bits per heavy atom. The van der Waals surface area contributed by atoms with Crippen molar-refractivity contribution in [1.82, 2.24) is 0 Å². The molecule has 0 fully saturated rings. The molecule has 1 aromatic carbocycles. The minimum atomic E-state index is -0.501. The average molecular weight is 182 g/mol. The summed E-state index contributed by atoms with van der Waals surface area (Å²) in [7, 11) is 0. The summed E-state index contributed by atoms with van der Waals surface area (Å²) in [6.45, 7) is 0.356. The van der Waals surface area contributed by atoms with Crippen molar-refractivity contribution in [3.8, 4) is 5.75 Å². The second-order valence-corrected chi connectivity index (χ2v) is 2.61. The molecule has 1 rings (SSSR count). The van der Waals surface area contributed by atoms with E-state index in [0.29, 0.717) is 18.5 Å². The lowest BCUT2D eigenvalue weighted by Crippen LogP contribution is -2.03. The molecule has 0 bridgehead atoms. The fourth-order valence-electron chi connectivity index (χ4n) is 1.04. The van der Waals surface area contributed by atoms with Gasteiger partial charge in [-0.3, -0.25) is 10.1 Å². The number of rotatable bonds is 3. The summed E-state index contributed by atoms with van der Waals surface area (Å²) in [6, 6.07) is 3.90. The molecule has 70 valence electrons. The van der Waals surface area contributed by atoms with Crippen molar-refractivity contribution >= 4 is 5.69 Å². The largest absolute Gasteiger partial charge is 0.508 e. The topological polar surface area (TPSA) is 89.4 Å². The van der Waals surface area contributed by atoms with Gasteiger partial charge >= 0.3 is 0 Å². The van der Waals surface area contributed by atoms with E-state index in [1.54, 1.807) is 0 Å². The fraction of sp³-hybridized carbons (Fsp3) is 0.250. The number of nitro groups is 1. The van der Waals surface area contributed by atoms with Crippen molar-refractivity contribution in [2.45, 2.75) is 6.42 Å². The van der Waals surface area contributed by atoms with Crippen LogP contribution in [-0.2, 0) is 6.42 Å². The van der Waals surface area contributed by atoms with Crippen molar-refractivity contribution < 1.29 is 10.0 Å². The maximum atomic E-state index is 10.4. The van der Waals surface area contributed by atoms with Gasteiger partial charge in [0.2, 0.25) is 0 Å². The zero-order valence-corrected chi connectivity index (χ0v) is 6.93. The number of non-ortho nitro benzene ring substituents is 1. The van der Waals surface area contributed by atoms with E-state index in [4.69, 9.17) is 5.73 Å². The van der Waals surface area contributed by atoms with E-state index in [2.05, 4.69) is 0 Å². The molecule has 0 aliphatic rings. The molecule has 0 radical (unpaired) electrons. The van der Waals surface area contributed by atoms with Crippen LogP contribution in [0.4, 0.5) is 5.69 Å². The highest BCUT2D eigenvalue weighted by Crippen LogP contribution is 2.22. The summed E-state index contributed by atoms with van der Waals surface area (Å²) in [5.74, 6) is 0.0519. The van der Waals surface area contributed by atoms with Crippen LogP contribution in [-0.4, -0.2) is 16.6 Å². The third-order valence-electron chi connectivity index (χ3n) is 1.69. The molecule has 0 amide bonds. The van der Waals surface area contributed by atoms with Crippen LogP contribution in [0.15, 0.2) is 18.2 Å². The molecule has 0 spiro atoms. The van der Waals surface area contributed by atoms with E-state index < -0.39 is 4.92 Å². The van der Waals surface area contributed by atoms with Crippen LogP contribution >= 0.6 is 0 Å². The lowest BCUT2D eigenvalue weighted by atomic mass is 10.1. The highest BCUT2D eigenvalue weighted by Gasteiger charge is 2.08. The molecular weight excluding hydrogens is 172 g/mol. The Balaban J connectivity index is 3.03. The molecule has 0 saturated carbocycles. The third-order valence-corrected chi connectivity index (χ3v) is 1.69. The van der Waals surface area contributed by atoms with E-state index in [1.807, 2.05) is 0 Å². The fourth-order valence-corrected chi connectivity index (χ4v) is 1.04. The quantitative estimate of drug-likeness (QED) is 0.534. The Morgan fingerprint density at radius 2 is 2.23 bits per heavy atom. The van der Waals surface area contributed by atoms with Gasteiger partial charge in [0.1, 0.15) is 5.75 Å².